The van der Waals surface area contributed by atoms with Crippen LogP contribution in [0.1, 0.15) is 24.6 Å². The fourth-order valence-electron chi connectivity index (χ4n) is 1.80. The van der Waals surface area contributed by atoms with E-state index in [0.717, 1.165) is 30.7 Å². The molecule has 0 bridgehead atoms. The van der Waals surface area contributed by atoms with Gasteiger partial charge in [0, 0.05) is 15.6 Å². The van der Waals surface area contributed by atoms with Crippen LogP contribution in [0, 0.1) is 0 Å². The minimum absolute atomic E-state index is 0.490. The molecule has 5 heteroatoms. The van der Waals surface area contributed by atoms with Gasteiger partial charge in [0.05, 0.1) is 11.1 Å². The summed E-state index contributed by atoms with van der Waals surface area (Å²) in [6.45, 7) is 2.03. The van der Waals surface area contributed by atoms with Crippen molar-refractivity contribution in [2.75, 3.05) is 0 Å². The van der Waals surface area contributed by atoms with Crippen molar-refractivity contribution in [3.05, 3.63) is 40.0 Å². The fraction of sp³-hybridized carbons (Fsp3) is 0.308. The Morgan fingerprint density at radius 2 is 1.94 bits per heavy atom. The lowest BCUT2D eigenvalue weighted by molar-refractivity contribution is -0.137. The molecule has 0 spiro atoms. The number of aromatic nitrogens is 1. The molecule has 1 nitrogen and oxygen atoms in total. The first-order valence-electron chi connectivity index (χ1n) is 5.58. The highest BCUT2D eigenvalue weighted by Crippen LogP contribution is 2.33. The van der Waals surface area contributed by atoms with Crippen molar-refractivity contribution in [3.63, 3.8) is 0 Å². The summed E-state index contributed by atoms with van der Waals surface area (Å²) in [6.07, 6.45) is -2.56. The quantitative estimate of drug-likeness (QED) is 0.762. The summed E-state index contributed by atoms with van der Waals surface area (Å²) < 4.78 is 38.5. The van der Waals surface area contributed by atoms with E-state index in [1.54, 1.807) is 6.07 Å². The van der Waals surface area contributed by atoms with Crippen LogP contribution in [0.4, 0.5) is 13.2 Å². The first-order chi connectivity index (χ1) is 8.41. The summed E-state index contributed by atoms with van der Waals surface area (Å²) in [5, 5.41) is 0.490. The van der Waals surface area contributed by atoms with Gasteiger partial charge in [0.2, 0.25) is 0 Å². The number of fused-ring (bicyclic) bond motifs is 1. The molecule has 0 aliphatic heterocycles. The minimum Gasteiger partial charge on any atom is -0.253 e. The van der Waals surface area contributed by atoms with Gasteiger partial charge < -0.3 is 0 Å². The lowest BCUT2D eigenvalue weighted by Gasteiger charge is -2.09. The van der Waals surface area contributed by atoms with E-state index in [1.165, 1.54) is 6.07 Å². The van der Waals surface area contributed by atoms with E-state index in [4.69, 9.17) is 0 Å². The number of aryl methyl sites for hydroxylation is 1. The van der Waals surface area contributed by atoms with Gasteiger partial charge in [-0.3, -0.25) is 4.98 Å². The van der Waals surface area contributed by atoms with Crippen LogP contribution >= 0.6 is 15.9 Å². The largest absolute Gasteiger partial charge is 0.416 e. The first kappa shape index (κ1) is 13.3. The number of nitrogens with zero attached hydrogens (tertiary/aromatic N) is 1. The van der Waals surface area contributed by atoms with E-state index in [2.05, 4.69) is 20.9 Å². The standard InChI is InChI=1S/C13H11BrF3N/c1-2-3-9-7-11(14)10-6-8(13(15,16)17)4-5-12(10)18-9/h4-7H,2-3H2,1H3. The molecule has 0 atom stereocenters. The van der Waals surface area contributed by atoms with Crippen LogP contribution in [0.2, 0.25) is 0 Å². The van der Waals surface area contributed by atoms with Gasteiger partial charge in [-0.05, 0) is 30.7 Å². The highest BCUT2D eigenvalue weighted by Gasteiger charge is 2.30. The molecule has 18 heavy (non-hydrogen) atoms. The first-order valence-corrected chi connectivity index (χ1v) is 6.37. The van der Waals surface area contributed by atoms with Gasteiger partial charge in [-0.15, -0.1) is 0 Å². The molecule has 1 heterocycles. The maximum Gasteiger partial charge on any atom is 0.416 e. The average Bonchev–Trinajstić information content (AvgIpc) is 2.27. The van der Waals surface area contributed by atoms with Gasteiger partial charge in [-0.25, -0.2) is 0 Å². The summed E-state index contributed by atoms with van der Waals surface area (Å²) in [7, 11) is 0. The molecule has 0 fully saturated rings. The molecule has 96 valence electrons. The van der Waals surface area contributed by atoms with Gasteiger partial charge in [0.1, 0.15) is 0 Å². The Balaban J connectivity index is 2.58. The molecule has 0 saturated heterocycles. The van der Waals surface area contributed by atoms with Crippen LogP contribution < -0.4 is 0 Å². The minimum atomic E-state index is -4.32. The van der Waals surface area contributed by atoms with Crippen molar-refractivity contribution in [3.8, 4) is 0 Å². The molecule has 2 aromatic rings. The predicted molar refractivity (Wildman–Crippen MR) is 68.4 cm³/mol. The summed E-state index contributed by atoms with van der Waals surface area (Å²) in [5.74, 6) is 0. The molecule has 0 aliphatic carbocycles. The Bertz CT molecular complexity index is 578. The van der Waals surface area contributed by atoms with Crippen molar-refractivity contribution in [2.24, 2.45) is 0 Å². The monoisotopic (exact) mass is 317 g/mol. The van der Waals surface area contributed by atoms with Crippen molar-refractivity contribution in [2.45, 2.75) is 25.9 Å². The molecule has 0 unspecified atom stereocenters. The zero-order valence-corrected chi connectivity index (χ0v) is 11.3. The van der Waals surface area contributed by atoms with E-state index >= 15 is 0 Å². The average molecular weight is 318 g/mol. The number of alkyl halides is 3. The van der Waals surface area contributed by atoms with Crippen molar-refractivity contribution in [1.29, 1.82) is 0 Å². The summed E-state index contributed by atoms with van der Waals surface area (Å²) >= 11 is 3.31. The Morgan fingerprint density at radius 3 is 2.56 bits per heavy atom. The molecule has 1 aromatic heterocycles. The molecule has 0 N–H and O–H groups in total. The maximum absolute atomic E-state index is 12.6. The molecule has 0 saturated carbocycles. The second-order valence-corrected chi connectivity index (χ2v) is 4.93. The second kappa shape index (κ2) is 4.88. The van der Waals surface area contributed by atoms with Crippen LogP contribution in [0.3, 0.4) is 0 Å². The lowest BCUT2D eigenvalue weighted by atomic mass is 10.1. The van der Waals surface area contributed by atoms with Crippen molar-refractivity contribution in [1.82, 2.24) is 4.98 Å². The van der Waals surface area contributed by atoms with Gasteiger partial charge in [-0.1, -0.05) is 29.3 Å². The molecule has 0 aliphatic rings. The zero-order chi connectivity index (χ0) is 13.3. The van der Waals surface area contributed by atoms with Crippen LogP contribution in [0.15, 0.2) is 28.7 Å². The van der Waals surface area contributed by atoms with E-state index in [1.807, 2.05) is 6.92 Å². The van der Waals surface area contributed by atoms with Crippen molar-refractivity contribution < 1.29 is 13.2 Å². The van der Waals surface area contributed by atoms with Crippen molar-refractivity contribution >= 4 is 26.8 Å². The van der Waals surface area contributed by atoms with E-state index in [9.17, 15) is 13.2 Å². The third-order valence-electron chi connectivity index (χ3n) is 2.64. The van der Waals surface area contributed by atoms with Gasteiger partial charge in [0.25, 0.3) is 0 Å². The van der Waals surface area contributed by atoms with E-state index in [0.29, 0.717) is 15.4 Å². The highest BCUT2D eigenvalue weighted by molar-refractivity contribution is 9.10. The molecular weight excluding hydrogens is 307 g/mol. The SMILES string of the molecule is CCCc1cc(Br)c2cc(C(F)(F)F)ccc2n1. The van der Waals surface area contributed by atoms with Gasteiger partial charge in [0.15, 0.2) is 0 Å². The topological polar surface area (TPSA) is 12.9 Å². The van der Waals surface area contributed by atoms with Crippen LogP contribution in [-0.2, 0) is 12.6 Å². The normalized spacial score (nSPS) is 12.1. The number of benzene rings is 1. The molecule has 1 aromatic carbocycles. The second-order valence-electron chi connectivity index (χ2n) is 4.08. The Hall–Kier alpha value is -1.10. The zero-order valence-electron chi connectivity index (χ0n) is 9.68. The van der Waals surface area contributed by atoms with Crippen LogP contribution in [-0.4, -0.2) is 4.98 Å². The lowest BCUT2D eigenvalue weighted by Crippen LogP contribution is -2.04. The third kappa shape index (κ3) is 2.66. The number of halogens is 4. The number of pyridine rings is 1. The highest BCUT2D eigenvalue weighted by atomic mass is 79.9. The van der Waals surface area contributed by atoms with Crippen LogP contribution in [0.5, 0.6) is 0 Å². The number of hydrogen-bond donors (Lipinski definition) is 0. The summed E-state index contributed by atoms with van der Waals surface area (Å²) in [6, 6.07) is 5.40. The summed E-state index contributed by atoms with van der Waals surface area (Å²) in [4.78, 5) is 4.35. The number of rotatable bonds is 2. The fourth-order valence-corrected chi connectivity index (χ4v) is 2.38. The summed E-state index contributed by atoms with van der Waals surface area (Å²) in [5.41, 5.74) is 0.818. The Kier molecular flexibility index (Phi) is 3.61. The molecular formula is C13H11BrF3N. The smallest absolute Gasteiger partial charge is 0.253 e. The van der Waals surface area contributed by atoms with Crippen LogP contribution in [0.25, 0.3) is 10.9 Å². The predicted octanol–water partition coefficient (Wildman–Crippen LogP) is 4.97. The molecule has 2 rings (SSSR count). The number of hydrogen-bond acceptors (Lipinski definition) is 1. The molecule has 0 amide bonds. The Labute approximate surface area is 111 Å². The van der Waals surface area contributed by atoms with E-state index < -0.39 is 11.7 Å². The van der Waals surface area contributed by atoms with Gasteiger partial charge >= 0.3 is 6.18 Å². The Morgan fingerprint density at radius 1 is 1.22 bits per heavy atom. The van der Waals surface area contributed by atoms with Gasteiger partial charge in [-0.2, -0.15) is 13.2 Å². The van der Waals surface area contributed by atoms with E-state index in [-0.39, 0.29) is 0 Å². The third-order valence-corrected chi connectivity index (χ3v) is 3.30. The maximum atomic E-state index is 12.6. The molecule has 0 radical (unpaired) electrons.